The van der Waals surface area contributed by atoms with Crippen LogP contribution in [0.2, 0.25) is 0 Å². The number of hydrogen-bond donors (Lipinski definition) is 1. The molecular weight excluding hydrogens is 262 g/mol. The van der Waals surface area contributed by atoms with Crippen LogP contribution in [-0.2, 0) is 0 Å². The lowest BCUT2D eigenvalue weighted by atomic mass is 10.0. The number of hydrogen-bond acceptors (Lipinski definition) is 3. The zero-order valence-electron chi connectivity index (χ0n) is 14.1. The van der Waals surface area contributed by atoms with E-state index >= 15 is 0 Å². The van der Waals surface area contributed by atoms with Gasteiger partial charge in [0.05, 0.1) is 13.2 Å². The van der Waals surface area contributed by atoms with E-state index in [-0.39, 0.29) is 0 Å². The molecule has 0 bridgehead atoms. The summed E-state index contributed by atoms with van der Waals surface area (Å²) >= 11 is 0. The lowest BCUT2D eigenvalue weighted by molar-refractivity contribution is 0.268. The third kappa shape index (κ3) is 5.96. The van der Waals surface area contributed by atoms with Gasteiger partial charge in [-0.2, -0.15) is 0 Å². The first-order chi connectivity index (χ1) is 10.3. The Bertz CT molecular complexity index is 393. The Labute approximate surface area is 130 Å². The van der Waals surface area contributed by atoms with Gasteiger partial charge in [0.25, 0.3) is 0 Å². The van der Waals surface area contributed by atoms with Gasteiger partial charge in [0.15, 0.2) is 11.5 Å². The highest BCUT2D eigenvalue weighted by Gasteiger charge is 2.12. The third-order valence-corrected chi connectivity index (χ3v) is 3.34. The lowest BCUT2D eigenvalue weighted by Crippen LogP contribution is -2.21. The first-order valence-electron chi connectivity index (χ1n) is 8.39. The zero-order valence-corrected chi connectivity index (χ0v) is 14.1. The van der Waals surface area contributed by atoms with Crippen LogP contribution in [0.15, 0.2) is 18.2 Å². The van der Waals surface area contributed by atoms with Gasteiger partial charge in [-0.3, -0.25) is 0 Å². The predicted octanol–water partition coefficient (Wildman–Crippen LogP) is 4.71. The molecular formula is C18H31NO2. The average Bonchev–Trinajstić information content (AvgIpc) is 2.52. The summed E-state index contributed by atoms with van der Waals surface area (Å²) in [5, 5.41) is 3.58. The van der Waals surface area contributed by atoms with Crippen LogP contribution in [0, 0.1) is 0 Å². The Morgan fingerprint density at radius 3 is 2.14 bits per heavy atom. The van der Waals surface area contributed by atoms with Gasteiger partial charge in [0.2, 0.25) is 0 Å². The number of benzene rings is 1. The van der Waals surface area contributed by atoms with Crippen molar-refractivity contribution >= 4 is 0 Å². The molecule has 3 heteroatoms. The Morgan fingerprint density at radius 2 is 1.57 bits per heavy atom. The van der Waals surface area contributed by atoms with Crippen LogP contribution in [0.1, 0.15) is 65.0 Å². The molecule has 1 unspecified atom stereocenters. The standard InChI is InChI=1S/C18H31NO2/c1-5-11-19-16(8-4)15-9-10-17(20-12-6-2)18(14-15)21-13-7-3/h9-10,14,16,19H,5-8,11-13H2,1-4H3. The van der Waals surface area contributed by atoms with E-state index < -0.39 is 0 Å². The second-order valence-corrected chi connectivity index (χ2v) is 5.32. The van der Waals surface area contributed by atoms with Gasteiger partial charge in [0.1, 0.15) is 0 Å². The normalized spacial score (nSPS) is 12.2. The van der Waals surface area contributed by atoms with Gasteiger partial charge in [-0.1, -0.05) is 33.8 Å². The van der Waals surface area contributed by atoms with Gasteiger partial charge >= 0.3 is 0 Å². The summed E-state index contributed by atoms with van der Waals surface area (Å²) in [5.74, 6) is 1.74. The van der Waals surface area contributed by atoms with Crippen LogP contribution in [-0.4, -0.2) is 19.8 Å². The average molecular weight is 293 g/mol. The van der Waals surface area contributed by atoms with Gasteiger partial charge < -0.3 is 14.8 Å². The maximum Gasteiger partial charge on any atom is 0.161 e. The van der Waals surface area contributed by atoms with E-state index in [2.05, 4.69) is 45.1 Å². The summed E-state index contributed by atoms with van der Waals surface area (Å²) in [7, 11) is 0. The van der Waals surface area contributed by atoms with Crippen molar-refractivity contribution < 1.29 is 9.47 Å². The van der Waals surface area contributed by atoms with E-state index in [1.165, 1.54) is 5.56 Å². The SMILES string of the molecule is CCCNC(CC)c1ccc(OCCC)c(OCCC)c1. The van der Waals surface area contributed by atoms with E-state index in [4.69, 9.17) is 9.47 Å². The summed E-state index contributed by atoms with van der Waals surface area (Å²) in [6.07, 6.45) is 4.23. The summed E-state index contributed by atoms with van der Waals surface area (Å²) in [6.45, 7) is 11.1. The Balaban J connectivity index is 2.89. The minimum Gasteiger partial charge on any atom is -0.490 e. The quantitative estimate of drug-likeness (QED) is 0.640. The topological polar surface area (TPSA) is 30.5 Å². The molecule has 0 aromatic heterocycles. The van der Waals surface area contributed by atoms with Crippen molar-refractivity contribution in [3.8, 4) is 11.5 Å². The summed E-state index contributed by atoms with van der Waals surface area (Å²) < 4.78 is 11.7. The van der Waals surface area contributed by atoms with Crippen molar-refractivity contribution in [2.24, 2.45) is 0 Å². The molecule has 0 saturated heterocycles. The second kappa shape index (κ2) is 10.5. The predicted molar refractivity (Wildman–Crippen MR) is 89.3 cm³/mol. The molecule has 0 radical (unpaired) electrons. The van der Waals surface area contributed by atoms with Crippen LogP contribution in [0.5, 0.6) is 11.5 Å². The Morgan fingerprint density at radius 1 is 0.905 bits per heavy atom. The molecule has 0 heterocycles. The highest BCUT2D eigenvalue weighted by Crippen LogP contribution is 2.31. The third-order valence-electron chi connectivity index (χ3n) is 3.34. The van der Waals surface area contributed by atoms with Crippen LogP contribution < -0.4 is 14.8 Å². The molecule has 120 valence electrons. The molecule has 0 aliphatic rings. The van der Waals surface area contributed by atoms with Crippen LogP contribution >= 0.6 is 0 Å². The first-order valence-corrected chi connectivity index (χ1v) is 8.39. The summed E-state index contributed by atoms with van der Waals surface area (Å²) in [6, 6.07) is 6.72. The molecule has 0 amide bonds. The monoisotopic (exact) mass is 293 g/mol. The molecule has 1 atom stereocenters. The molecule has 1 aromatic rings. The van der Waals surface area contributed by atoms with E-state index in [1.807, 2.05) is 6.07 Å². The molecule has 1 rings (SSSR count). The van der Waals surface area contributed by atoms with Crippen LogP contribution in [0.4, 0.5) is 0 Å². The van der Waals surface area contributed by atoms with E-state index in [9.17, 15) is 0 Å². The van der Waals surface area contributed by atoms with Gasteiger partial charge in [-0.15, -0.1) is 0 Å². The molecule has 0 fully saturated rings. The molecule has 3 nitrogen and oxygen atoms in total. The Hall–Kier alpha value is -1.22. The molecule has 1 N–H and O–H groups in total. The van der Waals surface area contributed by atoms with Gasteiger partial charge in [-0.05, 0) is 49.9 Å². The highest BCUT2D eigenvalue weighted by atomic mass is 16.5. The minimum absolute atomic E-state index is 0.383. The second-order valence-electron chi connectivity index (χ2n) is 5.32. The fraction of sp³-hybridized carbons (Fsp3) is 0.667. The largest absolute Gasteiger partial charge is 0.490 e. The van der Waals surface area contributed by atoms with Crippen molar-refractivity contribution in [3.63, 3.8) is 0 Å². The number of rotatable bonds is 11. The molecule has 1 aromatic carbocycles. The van der Waals surface area contributed by atoms with Crippen LogP contribution in [0.25, 0.3) is 0 Å². The minimum atomic E-state index is 0.383. The summed E-state index contributed by atoms with van der Waals surface area (Å²) in [4.78, 5) is 0. The molecule has 0 aliphatic heterocycles. The molecule has 0 spiro atoms. The lowest BCUT2D eigenvalue weighted by Gasteiger charge is -2.19. The fourth-order valence-corrected chi connectivity index (χ4v) is 2.21. The molecule has 0 aliphatic carbocycles. The summed E-state index contributed by atoms with van der Waals surface area (Å²) in [5.41, 5.74) is 1.28. The van der Waals surface area contributed by atoms with E-state index in [0.29, 0.717) is 6.04 Å². The number of nitrogens with one attached hydrogen (secondary N) is 1. The Kier molecular flexibility index (Phi) is 8.91. The maximum absolute atomic E-state index is 5.87. The van der Waals surface area contributed by atoms with E-state index in [0.717, 1.165) is 56.9 Å². The smallest absolute Gasteiger partial charge is 0.161 e. The van der Waals surface area contributed by atoms with Gasteiger partial charge in [-0.25, -0.2) is 0 Å². The van der Waals surface area contributed by atoms with Crippen molar-refractivity contribution in [2.45, 2.75) is 59.4 Å². The maximum atomic E-state index is 5.87. The van der Waals surface area contributed by atoms with Crippen molar-refractivity contribution in [3.05, 3.63) is 23.8 Å². The number of ether oxygens (including phenoxy) is 2. The van der Waals surface area contributed by atoms with E-state index in [1.54, 1.807) is 0 Å². The zero-order chi connectivity index (χ0) is 15.5. The van der Waals surface area contributed by atoms with Crippen LogP contribution in [0.3, 0.4) is 0 Å². The molecule has 21 heavy (non-hydrogen) atoms. The van der Waals surface area contributed by atoms with Crippen molar-refractivity contribution in [2.75, 3.05) is 19.8 Å². The highest BCUT2D eigenvalue weighted by molar-refractivity contribution is 5.44. The first kappa shape index (κ1) is 17.8. The fourth-order valence-electron chi connectivity index (χ4n) is 2.21. The van der Waals surface area contributed by atoms with Gasteiger partial charge in [0, 0.05) is 6.04 Å². The van der Waals surface area contributed by atoms with Crippen molar-refractivity contribution in [1.82, 2.24) is 5.32 Å². The van der Waals surface area contributed by atoms with Crippen molar-refractivity contribution in [1.29, 1.82) is 0 Å². The molecule has 0 saturated carbocycles.